The first kappa shape index (κ1) is 29.4. The number of benzene rings is 2. The molecular formula is C26H27F5N6O2. The molecule has 0 bridgehead atoms. The molecule has 0 aliphatic heterocycles. The summed E-state index contributed by atoms with van der Waals surface area (Å²) in [5.74, 6) is -6.36. The van der Waals surface area contributed by atoms with Gasteiger partial charge in [-0.05, 0) is 28.3 Å². The molecule has 8 nitrogen and oxygen atoms in total. The second-order valence-corrected chi connectivity index (χ2v) is 8.10. The van der Waals surface area contributed by atoms with E-state index in [1.165, 1.54) is 0 Å². The van der Waals surface area contributed by atoms with E-state index < -0.39 is 29.5 Å². The number of aromatic nitrogens is 6. The number of aryl methyl sites for hydroxylation is 1. The van der Waals surface area contributed by atoms with E-state index >= 15 is 0 Å². The topological polar surface area (TPSA) is 98.6 Å². The van der Waals surface area contributed by atoms with Crippen LogP contribution in [0, 0.1) is 0 Å². The average Bonchev–Trinajstić information content (AvgIpc) is 3.59. The van der Waals surface area contributed by atoms with Crippen LogP contribution in [0.1, 0.15) is 54.8 Å². The summed E-state index contributed by atoms with van der Waals surface area (Å²) >= 11 is 0. The lowest BCUT2D eigenvalue weighted by Crippen LogP contribution is -2.36. The first-order chi connectivity index (χ1) is 18.6. The van der Waals surface area contributed by atoms with E-state index in [1.54, 1.807) is 31.2 Å². The molecule has 0 aliphatic rings. The molecule has 2 aromatic carbocycles. The van der Waals surface area contributed by atoms with E-state index in [0.717, 1.165) is 28.4 Å². The summed E-state index contributed by atoms with van der Waals surface area (Å²) in [5.41, 5.74) is 0.243. The molecule has 0 unspecified atom stereocenters. The number of tetrazole rings is 1. The Bertz CT molecular complexity index is 1380. The maximum absolute atomic E-state index is 14.4. The van der Waals surface area contributed by atoms with Gasteiger partial charge in [0, 0.05) is 18.5 Å². The standard InChI is InChI=1S/C24H21F5N6O2.C2H6/c1-3-6-18-30-20(23(25,26)24(27,28)29)19(22(36)37-2)35(18)13-14-9-11-15(12-10-14)16-7-4-5-8-17(16)21-31-33-34-32-21;1-2/h4-5,7-12H,3,6,13H2,1-2H3,(H,31,32,33,34);1-2H3. The van der Waals surface area contributed by atoms with Crippen molar-refractivity contribution in [1.29, 1.82) is 0 Å². The van der Waals surface area contributed by atoms with Crippen LogP contribution in [0.5, 0.6) is 0 Å². The van der Waals surface area contributed by atoms with E-state index in [1.807, 2.05) is 38.1 Å². The van der Waals surface area contributed by atoms with Gasteiger partial charge in [-0.1, -0.05) is 69.3 Å². The molecule has 0 saturated heterocycles. The number of H-pyrrole nitrogens is 1. The van der Waals surface area contributed by atoms with Crippen LogP contribution in [-0.2, 0) is 23.6 Å². The Kier molecular flexibility index (Phi) is 9.15. The minimum absolute atomic E-state index is 0.0756. The summed E-state index contributed by atoms with van der Waals surface area (Å²) in [4.78, 5) is 16.0. The van der Waals surface area contributed by atoms with Gasteiger partial charge >= 0.3 is 18.1 Å². The minimum Gasteiger partial charge on any atom is -0.464 e. The van der Waals surface area contributed by atoms with E-state index in [0.29, 0.717) is 17.8 Å². The lowest BCUT2D eigenvalue weighted by atomic mass is 9.98. The van der Waals surface area contributed by atoms with Crippen molar-refractivity contribution in [2.75, 3.05) is 7.11 Å². The molecule has 0 atom stereocenters. The van der Waals surface area contributed by atoms with Gasteiger partial charge < -0.3 is 9.30 Å². The Balaban J connectivity index is 0.00000205. The van der Waals surface area contributed by atoms with Crippen LogP contribution in [0.3, 0.4) is 0 Å². The zero-order valence-electron chi connectivity index (χ0n) is 21.7. The number of halogens is 5. The number of nitrogens with one attached hydrogen (secondary N) is 1. The second-order valence-electron chi connectivity index (χ2n) is 8.10. The van der Waals surface area contributed by atoms with Crippen LogP contribution in [0.15, 0.2) is 48.5 Å². The molecule has 2 aromatic heterocycles. The average molecular weight is 551 g/mol. The maximum atomic E-state index is 14.4. The molecule has 2 heterocycles. The van der Waals surface area contributed by atoms with E-state index in [4.69, 9.17) is 0 Å². The predicted octanol–water partition coefficient (Wildman–Crippen LogP) is 6.20. The summed E-state index contributed by atoms with van der Waals surface area (Å²) in [6.45, 7) is 5.54. The van der Waals surface area contributed by atoms with Crippen molar-refractivity contribution < 1.29 is 31.5 Å². The highest BCUT2D eigenvalue weighted by Crippen LogP contribution is 2.45. The van der Waals surface area contributed by atoms with Gasteiger partial charge in [-0.3, -0.25) is 0 Å². The zero-order chi connectivity index (χ0) is 28.8. The third-order valence-electron chi connectivity index (χ3n) is 5.67. The molecule has 1 N–H and O–H groups in total. The van der Waals surface area contributed by atoms with Crippen LogP contribution in [-0.4, -0.2) is 49.4 Å². The Hall–Kier alpha value is -4.16. The van der Waals surface area contributed by atoms with Gasteiger partial charge in [0.2, 0.25) is 5.82 Å². The third kappa shape index (κ3) is 5.96. The number of nitrogens with zero attached hydrogens (tertiary/aromatic N) is 5. The van der Waals surface area contributed by atoms with E-state index in [9.17, 15) is 26.7 Å². The number of imidazole rings is 1. The molecule has 0 radical (unpaired) electrons. The summed E-state index contributed by atoms with van der Waals surface area (Å²) in [5, 5.41) is 14.0. The van der Waals surface area contributed by atoms with Crippen molar-refractivity contribution in [3.05, 3.63) is 71.3 Å². The fourth-order valence-corrected chi connectivity index (χ4v) is 3.92. The number of hydrogen-bond acceptors (Lipinski definition) is 6. The van der Waals surface area contributed by atoms with Gasteiger partial charge in [0.15, 0.2) is 11.4 Å². The Labute approximate surface area is 221 Å². The zero-order valence-corrected chi connectivity index (χ0v) is 21.7. The van der Waals surface area contributed by atoms with Crippen LogP contribution in [0.25, 0.3) is 22.5 Å². The molecule has 0 aliphatic carbocycles. The fraction of sp³-hybridized carbons (Fsp3) is 0.346. The van der Waals surface area contributed by atoms with Crippen molar-refractivity contribution in [3.63, 3.8) is 0 Å². The van der Waals surface area contributed by atoms with Crippen molar-refractivity contribution in [2.24, 2.45) is 0 Å². The first-order valence-corrected chi connectivity index (χ1v) is 12.1. The largest absolute Gasteiger partial charge is 0.464 e. The van der Waals surface area contributed by atoms with Gasteiger partial charge in [-0.15, -0.1) is 10.2 Å². The van der Waals surface area contributed by atoms with Crippen molar-refractivity contribution >= 4 is 5.97 Å². The number of alkyl halides is 5. The predicted molar refractivity (Wildman–Crippen MR) is 133 cm³/mol. The summed E-state index contributed by atoms with van der Waals surface area (Å²) in [6.07, 6.45) is -5.46. The van der Waals surface area contributed by atoms with E-state index in [-0.39, 0.29) is 18.8 Å². The molecule has 39 heavy (non-hydrogen) atoms. The Morgan fingerprint density at radius 3 is 2.18 bits per heavy atom. The van der Waals surface area contributed by atoms with Gasteiger partial charge in [0.25, 0.3) is 0 Å². The molecule has 4 aromatic rings. The van der Waals surface area contributed by atoms with Crippen LogP contribution in [0.4, 0.5) is 22.0 Å². The first-order valence-electron chi connectivity index (χ1n) is 12.1. The van der Waals surface area contributed by atoms with E-state index in [2.05, 4.69) is 30.3 Å². The summed E-state index contributed by atoms with van der Waals surface area (Å²) in [7, 11) is 0.907. The van der Waals surface area contributed by atoms with Crippen molar-refractivity contribution in [1.82, 2.24) is 30.2 Å². The van der Waals surface area contributed by atoms with Crippen LogP contribution in [0.2, 0.25) is 0 Å². The number of esters is 1. The number of carbonyl (C=O) groups excluding carboxylic acids is 1. The molecular weight excluding hydrogens is 523 g/mol. The number of ether oxygens (including phenoxy) is 1. The van der Waals surface area contributed by atoms with Crippen molar-refractivity contribution in [2.45, 2.75) is 52.3 Å². The Morgan fingerprint density at radius 1 is 1.00 bits per heavy atom. The number of methoxy groups -OCH3 is 1. The maximum Gasteiger partial charge on any atom is 0.459 e. The van der Waals surface area contributed by atoms with Crippen LogP contribution < -0.4 is 0 Å². The second kappa shape index (κ2) is 12.1. The minimum atomic E-state index is -5.94. The number of hydrogen-bond donors (Lipinski definition) is 1. The fourth-order valence-electron chi connectivity index (χ4n) is 3.92. The monoisotopic (exact) mass is 550 g/mol. The molecule has 4 rings (SSSR count). The molecule has 0 saturated carbocycles. The summed E-state index contributed by atoms with van der Waals surface area (Å²) < 4.78 is 73.9. The molecule has 0 amide bonds. The smallest absolute Gasteiger partial charge is 0.459 e. The molecule has 13 heteroatoms. The lowest BCUT2D eigenvalue weighted by Gasteiger charge is -2.19. The number of carbonyl (C=O) groups is 1. The quantitative estimate of drug-likeness (QED) is 0.207. The van der Waals surface area contributed by atoms with Crippen molar-refractivity contribution in [3.8, 4) is 22.5 Å². The molecule has 0 spiro atoms. The molecule has 208 valence electrons. The molecule has 0 fully saturated rings. The highest BCUT2D eigenvalue weighted by atomic mass is 19.4. The SMILES string of the molecule is CC.CCCc1nc(C(F)(F)C(F)(F)F)c(C(=O)OC)n1Cc1ccc(-c2ccccc2-c2nn[nH]n2)cc1. The normalized spacial score (nSPS) is 11.6. The summed E-state index contributed by atoms with van der Waals surface area (Å²) in [6, 6.07) is 14.2. The van der Waals surface area contributed by atoms with Crippen LogP contribution >= 0.6 is 0 Å². The lowest BCUT2D eigenvalue weighted by molar-refractivity contribution is -0.291. The number of aromatic amines is 1. The van der Waals surface area contributed by atoms with Gasteiger partial charge in [-0.2, -0.15) is 27.2 Å². The third-order valence-corrected chi connectivity index (χ3v) is 5.67. The highest BCUT2D eigenvalue weighted by molar-refractivity contribution is 5.89. The number of rotatable bonds is 8. The highest BCUT2D eigenvalue weighted by Gasteiger charge is 2.62. The van der Waals surface area contributed by atoms with Gasteiger partial charge in [0.1, 0.15) is 5.82 Å². The Morgan fingerprint density at radius 2 is 1.64 bits per heavy atom. The van der Waals surface area contributed by atoms with Gasteiger partial charge in [-0.25, -0.2) is 9.78 Å². The van der Waals surface area contributed by atoms with Gasteiger partial charge in [0.05, 0.1) is 7.11 Å².